The third-order valence-corrected chi connectivity index (χ3v) is 1.83. The van der Waals surface area contributed by atoms with E-state index in [2.05, 4.69) is 4.84 Å². The van der Waals surface area contributed by atoms with E-state index < -0.39 is 5.82 Å². The second-order valence-corrected chi connectivity index (χ2v) is 2.80. The Morgan fingerprint density at radius 1 is 1.54 bits per heavy atom. The SMILES string of the molecule is COc1cc(Cl)c(F)c(CON)c1. The molecule has 0 aliphatic rings. The standard InChI is InChI=1S/C8H9ClFNO2/c1-12-6-2-5(4-13-11)8(10)7(9)3-6/h2-3H,4,11H2,1H3. The summed E-state index contributed by atoms with van der Waals surface area (Å²) in [6.45, 7) is -0.0389. The average Bonchev–Trinajstić information content (AvgIpc) is 2.13. The summed E-state index contributed by atoms with van der Waals surface area (Å²) in [6.07, 6.45) is 0. The Bertz CT molecular complexity index is 306. The maximum Gasteiger partial charge on any atom is 0.147 e. The van der Waals surface area contributed by atoms with Gasteiger partial charge in [0.15, 0.2) is 0 Å². The molecular weight excluding hydrogens is 197 g/mol. The third kappa shape index (κ3) is 2.30. The predicted octanol–water partition coefficient (Wildman–Crippen LogP) is 1.88. The van der Waals surface area contributed by atoms with E-state index in [0.717, 1.165) is 0 Å². The van der Waals surface area contributed by atoms with Crippen molar-refractivity contribution < 1.29 is 14.0 Å². The third-order valence-electron chi connectivity index (χ3n) is 1.55. The van der Waals surface area contributed by atoms with E-state index in [9.17, 15) is 4.39 Å². The number of rotatable bonds is 3. The molecule has 1 aromatic rings. The number of methoxy groups -OCH3 is 1. The van der Waals surface area contributed by atoms with Crippen LogP contribution < -0.4 is 10.6 Å². The van der Waals surface area contributed by atoms with E-state index in [1.54, 1.807) is 0 Å². The Balaban J connectivity index is 3.09. The Labute approximate surface area is 80.2 Å². The lowest BCUT2D eigenvalue weighted by Crippen LogP contribution is -2.02. The Kier molecular flexibility index (Phi) is 3.48. The van der Waals surface area contributed by atoms with Crippen molar-refractivity contribution in [1.82, 2.24) is 0 Å². The van der Waals surface area contributed by atoms with Crippen LogP contribution in [0.5, 0.6) is 5.75 Å². The molecule has 5 heteroatoms. The van der Waals surface area contributed by atoms with Crippen LogP contribution in [-0.4, -0.2) is 7.11 Å². The van der Waals surface area contributed by atoms with Crippen LogP contribution in [0.4, 0.5) is 4.39 Å². The molecule has 72 valence electrons. The fourth-order valence-corrected chi connectivity index (χ4v) is 1.16. The Morgan fingerprint density at radius 3 is 2.77 bits per heavy atom. The Hall–Kier alpha value is -0.840. The molecule has 0 saturated heterocycles. The van der Waals surface area contributed by atoms with E-state index in [1.165, 1.54) is 19.2 Å². The number of halogens is 2. The lowest BCUT2D eigenvalue weighted by molar-refractivity contribution is 0.121. The summed E-state index contributed by atoms with van der Waals surface area (Å²) >= 11 is 5.58. The monoisotopic (exact) mass is 205 g/mol. The van der Waals surface area contributed by atoms with Crippen LogP contribution in [0.1, 0.15) is 5.56 Å². The summed E-state index contributed by atoms with van der Waals surface area (Å²) in [7, 11) is 1.47. The van der Waals surface area contributed by atoms with Crippen molar-refractivity contribution in [3.05, 3.63) is 28.5 Å². The van der Waals surface area contributed by atoms with Gasteiger partial charge in [0, 0.05) is 11.6 Å². The molecule has 13 heavy (non-hydrogen) atoms. The van der Waals surface area contributed by atoms with Crippen LogP contribution in [0.25, 0.3) is 0 Å². The summed E-state index contributed by atoms with van der Waals surface area (Å²) in [5.41, 5.74) is 0.270. The van der Waals surface area contributed by atoms with Crippen LogP contribution in [-0.2, 0) is 11.4 Å². The molecule has 0 spiro atoms. The molecule has 0 saturated carbocycles. The molecule has 0 bridgehead atoms. The van der Waals surface area contributed by atoms with Crippen molar-refractivity contribution in [1.29, 1.82) is 0 Å². The molecule has 0 amide bonds. The van der Waals surface area contributed by atoms with E-state index in [0.29, 0.717) is 5.75 Å². The van der Waals surface area contributed by atoms with Crippen LogP contribution in [0, 0.1) is 5.82 Å². The first-order chi connectivity index (χ1) is 6.19. The molecule has 0 aromatic heterocycles. The van der Waals surface area contributed by atoms with Crippen LogP contribution in [0.2, 0.25) is 5.02 Å². The fraction of sp³-hybridized carbons (Fsp3) is 0.250. The highest BCUT2D eigenvalue weighted by Gasteiger charge is 2.09. The maximum atomic E-state index is 13.2. The minimum Gasteiger partial charge on any atom is -0.497 e. The molecule has 0 heterocycles. The topological polar surface area (TPSA) is 44.5 Å². The van der Waals surface area contributed by atoms with Gasteiger partial charge in [-0.3, -0.25) is 4.84 Å². The van der Waals surface area contributed by atoms with Crippen molar-refractivity contribution in [2.24, 2.45) is 5.90 Å². The normalized spacial score (nSPS) is 10.2. The van der Waals surface area contributed by atoms with Crippen molar-refractivity contribution >= 4 is 11.6 Å². The van der Waals surface area contributed by atoms with Crippen molar-refractivity contribution in [2.45, 2.75) is 6.61 Å². The minimum atomic E-state index is -0.534. The van der Waals surface area contributed by atoms with Gasteiger partial charge >= 0.3 is 0 Å². The van der Waals surface area contributed by atoms with Crippen molar-refractivity contribution in [3.63, 3.8) is 0 Å². The number of nitrogens with two attached hydrogens (primary N) is 1. The summed E-state index contributed by atoms with van der Waals surface area (Å²) in [5.74, 6) is 4.76. The first-order valence-corrected chi connectivity index (χ1v) is 3.90. The van der Waals surface area contributed by atoms with Gasteiger partial charge in [0.2, 0.25) is 0 Å². The van der Waals surface area contributed by atoms with Gasteiger partial charge in [0.05, 0.1) is 18.7 Å². The highest BCUT2D eigenvalue weighted by Crippen LogP contribution is 2.25. The van der Waals surface area contributed by atoms with E-state index in [4.69, 9.17) is 22.2 Å². The van der Waals surface area contributed by atoms with Gasteiger partial charge in [-0.25, -0.2) is 10.3 Å². The molecule has 0 aliphatic heterocycles. The molecule has 1 rings (SSSR count). The smallest absolute Gasteiger partial charge is 0.147 e. The highest BCUT2D eigenvalue weighted by molar-refractivity contribution is 6.30. The van der Waals surface area contributed by atoms with Gasteiger partial charge in [0.25, 0.3) is 0 Å². The van der Waals surface area contributed by atoms with Crippen LogP contribution >= 0.6 is 11.6 Å². The lowest BCUT2D eigenvalue weighted by atomic mass is 10.2. The van der Waals surface area contributed by atoms with Gasteiger partial charge in [0.1, 0.15) is 11.6 Å². The molecular formula is C8H9ClFNO2. The summed E-state index contributed by atoms with van der Waals surface area (Å²) in [6, 6.07) is 2.87. The molecule has 1 aromatic carbocycles. The summed E-state index contributed by atoms with van der Waals surface area (Å²) in [5, 5.41) is -0.00796. The maximum absolute atomic E-state index is 13.2. The van der Waals surface area contributed by atoms with E-state index in [1.807, 2.05) is 0 Å². The number of benzene rings is 1. The van der Waals surface area contributed by atoms with Crippen LogP contribution in [0.3, 0.4) is 0 Å². The number of hydrogen-bond donors (Lipinski definition) is 1. The van der Waals surface area contributed by atoms with Gasteiger partial charge in [-0.05, 0) is 6.07 Å². The fourth-order valence-electron chi connectivity index (χ4n) is 0.931. The first kappa shape index (κ1) is 10.2. The first-order valence-electron chi connectivity index (χ1n) is 3.52. The minimum absolute atomic E-state index is 0.00796. The molecule has 0 atom stereocenters. The Morgan fingerprint density at radius 2 is 2.23 bits per heavy atom. The molecule has 3 nitrogen and oxygen atoms in total. The van der Waals surface area contributed by atoms with Gasteiger partial charge in [-0.15, -0.1) is 0 Å². The largest absolute Gasteiger partial charge is 0.497 e. The van der Waals surface area contributed by atoms with Crippen LogP contribution in [0.15, 0.2) is 12.1 Å². The zero-order chi connectivity index (χ0) is 9.84. The molecule has 0 radical (unpaired) electrons. The quantitative estimate of drug-likeness (QED) is 0.767. The number of ether oxygens (including phenoxy) is 1. The second-order valence-electron chi connectivity index (χ2n) is 2.39. The molecule has 0 aliphatic carbocycles. The predicted molar refractivity (Wildman–Crippen MR) is 46.9 cm³/mol. The van der Waals surface area contributed by atoms with Crippen molar-refractivity contribution in [3.8, 4) is 5.75 Å². The number of hydrogen-bond acceptors (Lipinski definition) is 3. The van der Waals surface area contributed by atoms with Gasteiger partial charge in [-0.1, -0.05) is 11.6 Å². The lowest BCUT2D eigenvalue weighted by Gasteiger charge is -2.06. The van der Waals surface area contributed by atoms with E-state index >= 15 is 0 Å². The molecule has 2 N–H and O–H groups in total. The second kappa shape index (κ2) is 4.41. The molecule has 0 unspecified atom stereocenters. The molecule has 0 fully saturated rings. The average molecular weight is 206 g/mol. The van der Waals surface area contributed by atoms with Crippen molar-refractivity contribution in [2.75, 3.05) is 7.11 Å². The highest BCUT2D eigenvalue weighted by atomic mass is 35.5. The van der Waals surface area contributed by atoms with E-state index in [-0.39, 0.29) is 17.2 Å². The van der Waals surface area contributed by atoms with Gasteiger partial charge < -0.3 is 4.74 Å². The van der Waals surface area contributed by atoms with Gasteiger partial charge in [-0.2, -0.15) is 0 Å². The zero-order valence-corrected chi connectivity index (χ0v) is 7.77. The summed E-state index contributed by atoms with van der Waals surface area (Å²) < 4.78 is 18.1. The zero-order valence-electron chi connectivity index (χ0n) is 7.01. The summed E-state index contributed by atoms with van der Waals surface area (Å²) in [4.78, 5) is 4.31.